The van der Waals surface area contributed by atoms with Gasteiger partial charge in [0, 0.05) is 31.5 Å². The number of imidazole rings is 1. The van der Waals surface area contributed by atoms with Crippen molar-refractivity contribution in [2.75, 3.05) is 24.7 Å². The van der Waals surface area contributed by atoms with Gasteiger partial charge in [-0.2, -0.15) is 10.2 Å². The molecule has 4 aromatic rings. The Hall–Kier alpha value is -3.46. The van der Waals surface area contributed by atoms with E-state index < -0.39 is 0 Å². The number of hydrogen-bond donors (Lipinski definition) is 1. The number of aromatic nitrogens is 7. The van der Waals surface area contributed by atoms with Gasteiger partial charge in [-0.05, 0) is 37.6 Å². The van der Waals surface area contributed by atoms with Gasteiger partial charge in [-0.1, -0.05) is 6.58 Å². The van der Waals surface area contributed by atoms with E-state index in [4.69, 9.17) is 14.8 Å². The number of nitrogens with zero attached hydrogens (tertiary/aromatic N) is 7. The van der Waals surface area contributed by atoms with Gasteiger partial charge in [-0.15, -0.1) is 5.10 Å². The summed E-state index contributed by atoms with van der Waals surface area (Å²) < 4.78 is 9.40. The number of allylic oxidation sites excluding steroid dienone is 1. The van der Waals surface area contributed by atoms with Crippen molar-refractivity contribution < 1.29 is 4.74 Å². The molecule has 0 bridgehead atoms. The number of anilines is 1. The van der Waals surface area contributed by atoms with E-state index in [1.54, 1.807) is 12.4 Å². The molecule has 4 aromatic heterocycles. The predicted octanol–water partition coefficient (Wildman–Crippen LogP) is 2.78. The van der Waals surface area contributed by atoms with Gasteiger partial charge in [0.25, 0.3) is 0 Å². The molecule has 1 fully saturated rings. The zero-order valence-electron chi connectivity index (χ0n) is 17.3. The van der Waals surface area contributed by atoms with Crippen LogP contribution in [0, 0.1) is 0 Å². The van der Waals surface area contributed by atoms with E-state index in [2.05, 4.69) is 39.8 Å². The highest BCUT2D eigenvalue weighted by molar-refractivity contribution is 5.90. The summed E-state index contributed by atoms with van der Waals surface area (Å²) >= 11 is 0. The van der Waals surface area contributed by atoms with Gasteiger partial charge in [0.05, 0.1) is 30.6 Å². The number of nitrogens with one attached hydrogen (secondary N) is 1. The van der Waals surface area contributed by atoms with E-state index in [9.17, 15) is 0 Å². The van der Waals surface area contributed by atoms with E-state index in [0.717, 1.165) is 46.1 Å². The number of rotatable bonds is 4. The van der Waals surface area contributed by atoms with Crippen molar-refractivity contribution in [3.63, 3.8) is 0 Å². The largest absolute Gasteiger partial charge is 0.377 e. The zero-order chi connectivity index (χ0) is 20.8. The third-order valence-electron chi connectivity index (χ3n) is 5.49. The maximum atomic E-state index is 5.63. The lowest BCUT2D eigenvalue weighted by atomic mass is 10.1. The summed E-state index contributed by atoms with van der Waals surface area (Å²) in [6, 6.07) is 6.25. The minimum absolute atomic E-state index is 0.225. The van der Waals surface area contributed by atoms with Crippen molar-refractivity contribution >= 4 is 16.9 Å². The first kappa shape index (κ1) is 18.6. The van der Waals surface area contributed by atoms with Crippen LogP contribution in [0.1, 0.15) is 19.5 Å². The number of fused-ring (bicyclic) bond motifs is 1. The van der Waals surface area contributed by atoms with Gasteiger partial charge in [0.1, 0.15) is 11.2 Å². The number of aromatic amines is 1. The van der Waals surface area contributed by atoms with Crippen LogP contribution in [-0.4, -0.2) is 60.4 Å². The quantitative estimate of drug-likeness (QED) is 0.563. The molecule has 9 heteroatoms. The predicted molar refractivity (Wildman–Crippen MR) is 115 cm³/mol. The van der Waals surface area contributed by atoms with Crippen LogP contribution in [-0.2, 0) is 11.8 Å². The standard InChI is InChI=1S/C21H24N8O/c1-13(2)19-20-15(17-6-8-23-27(17)4)11-18(28-9-10-30-12-14(28)3)26-29(20)21(24-19)16-5-7-22-25-16/h5-8,11,14H,1,9-10,12H2,2-4H3,(H,22,25). The van der Waals surface area contributed by atoms with Gasteiger partial charge in [-0.3, -0.25) is 9.78 Å². The van der Waals surface area contributed by atoms with Crippen LogP contribution in [0.2, 0.25) is 0 Å². The Morgan fingerprint density at radius 2 is 2.17 bits per heavy atom. The lowest BCUT2D eigenvalue weighted by molar-refractivity contribution is 0.0984. The molecule has 1 aliphatic rings. The molecule has 0 saturated carbocycles. The van der Waals surface area contributed by atoms with E-state index in [1.165, 1.54) is 0 Å². The van der Waals surface area contributed by atoms with Crippen LogP contribution in [0.4, 0.5) is 5.82 Å². The highest BCUT2D eigenvalue weighted by atomic mass is 16.5. The molecule has 0 amide bonds. The van der Waals surface area contributed by atoms with Crippen LogP contribution < -0.4 is 4.90 Å². The Kier molecular flexibility index (Phi) is 4.39. The molecule has 0 aromatic carbocycles. The van der Waals surface area contributed by atoms with Gasteiger partial charge in [0.15, 0.2) is 11.6 Å². The molecule has 154 valence electrons. The smallest absolute Gasteiger partial charge is 0.180 e. The highest BCUT2D eigenvalue weighted by Gasteiger charge is 2.26. The third-order valence-corrected chi connectivity index (χ3v) is 5.49. The molecule has 1 saturated heterocycles. The molecule has 9 nitrogen and oxygen atoms in total. The fraction of sp³-hybridized carbons (Fsp3) is 0.333. The van der Waals surface area contributed by atoms with Crippen LogP contribution in [0.3, 0.4) is 0 Å². The van der Waals surface area contributed by atoms with Crippen molar-refractivity contribution in [1.82, 2.24) is 34.6 Å². The lowest BCUT2D eigenvalue weighted by Gasteiger charge is -2.34. The summed E-state index contributed by atoms with van der Waals surface area (Å²) in [6.45, 7) is 10.4. The van der Waals surface area contributed by atoms with E-state index in [-0.39, 0.29) is 6.04 Å². The number of aryl methyl sites for hydroxylation is 1. The Morgan fingerprint density at radius 1 is 1.30 bits per heavy atom. The number of hydrogen-bond acceptors (Lipinski definition) is 6. The minimum Gasteiger partial charge on any atom is -0.377 e. The van der Waals surface area contributed by atoms with Crippen molar-refractivity contribution in [2.24, 2.45) is 7.05 Å². The maximum Gasteiger partial charge on any atom is 0.180 e. The number of morpholine rings is 1. The van der Waals surface area contributed by atoms with Crippen LogP contribution >= 0.6 is 0 Å². The SMILES string of the molecule is C=C(C)c1nc(-c2ccn[nH]2)n2nc(N3CCOCC3C)cc(-c3ccnn3C)c12. The minimum atomic E-state index is 0.225. The maximum absolute atomic E-state index is 5.63. The van der Waals surface area contributed by atoms with Crippen molar-refractivity contribution in [2.45, 2.75) is 19.9 Å². The number of ether oxygens (including phenoxy) is 1. The Balaban J connectivity index is 1.85. The molecular formula is C21H24N8O. The molecule has 5 heterocycles. The summed E-state index contributed by atoms with van der Waals surface area (Å²) in [5, 5.41) is 16.5. The van der Waals surface area contributed by atoms with Crippen molar-refractivity contribution in [3.8, 4) is 22.8 Å². The molecule has 1 atom stereocenters. The Bertz CT molecular complexity index is 1220. The van der Waals surface area contributed by atoms with E-state index in [1.807, 2.05) is 35.3 Å². The molecule has 0 radical (unpaired) electrons. The summed E-state index contributed by atoms with van der Waals surface area (Å²) in [5.41, 5.74) is 5.38. The fourth-order valence-electron chi connectivity index (χ4n) is 3.97. The first-order chi connectivity index (χ1) is 14.5. The molecule has 5 rings (SSSR count). The highest BCUT2D eigenvalue weighted by Crippen LogP contribution is 2.35. The second kappa shape index (κ2) is 7.10. The second-order valence-corrected chi connectivity index (χ2v) is 7.67. The summed E-state index contributed by atoms with van der Waals surface area (Å²) in [5.74, 6) is 1.58. The van der Waals surface area contributed by atoms with Gasteiger partial charge in [-0.25, -0.2) is 9.50 Å². The molecule has 1 unspecified atom stereocenters. The van der Waals surface area contributed by atoms with Gasteiger partial charge >= 0.3 is 0 Å². The summed E-state index contributed by atoms with van der Waals surface area (Å²) in [6.07, 6.45) is 3.52. The number of H-pyrrole nitrogens is 1. The fourth-order valence-corrected chi connectivity index (χ4v) is 3.97. The molecule has 1 N–H and O–H groups in total. The average molecular weight is 404 g/mol. The summed E-state index contributed by atoms with van der Waals surface area (Å²) in [7, 11) is 1.94. The molecule has 1 aliphatic heterocycles. The molecular weight excluding hydrogens is 380 g/mol. The average Bonchev–Trinajstić information content (AvgIpc) is 3.47. The normalized spacial score (nSPS) is 17.0. The second-order valence-electron chi connectivity index (χ2n) is 7.67. The van der Waals surface area contributed by atoms with Crippen LogP contribution in [0.5, 0.6) is 0 Å². The summed E-state index contributed by atoms with van der Waals surface area (Å²) in [4.78, 5) is 7.17. The first-order valence-corrected chi connectivity index (χ1v) is 9.96. The van der Waals surface area contributed by atoms with Crippen LogP contribution in [0.25, 0.3) is 33.9 Å². The van der Waals surface area contributed by atoms with Crippen LogP contribution in [0.15, 0.2) is 37.2 Å². The monoisotopic (exact) mass is 404 g/mol. The third kappa shape index (κ3) is 2.89. The topological polar surface area (TPSA) is 89.2 Å². The van der Waals surface area contributed by atoms with E-state index in [0.29, 0.717) is 19.0 Å². The lowest BCUT2D eigenvalue weighted by Crippen LogP contribution is -2.44. The zero-order valence-corrected chi connectivity index (χ0v) is 17.3. The van der Waals surface area contributed by atoms with Crippen molar-refractivity contribution in [3.05, 3.63) is 42.9 Å². The van der Waals surface area contributed by atoms with Gasteiger partial charge < -0.3 is 9.64 Å². The molecule has 30 heavy (non-hydrogen) atoms. The first-order valence-electron chi connectivity index (χ1n) is 9.96. The molecule has 0 spiro atoms. The molecule has 0 aliphatic carbocycles. The van der Waals surface area contributed by atoms with E-state index >= 15 is 0 Å². The van der Waals surface area contributed by atoms with Crippen molar-refractivity contribution in [1.29, 1.82) is 0 Å². The Morgan fingerprint density at radius 3 is 2.83 bits per heavy atom. The Labute approximate surface area is 174 Å². The van der Waals surface area contributed by atoms with Gasteiger partial charge in [0.2, 0.25) is 0 Å².